The maximum Gasteiger partial charge on any atom is 0.331 e. The Morgan fingerprint density at radius 1 is 0.458 bits per heavy atom. The zero-order valence-electron chi connectivity index (χ0n) is 30.7. The van der Waals surface area contributed by atoms with Gasteiger partial charge in [0.05, 0.1) is 38.8 Å². The summed E-state index contributed by atoms with van der Waals surface area (Å²) in [5.74, 6) is 0. The summed E-state index contributed by atoms with van der Waals surface area (Å²) in [7, 11) is -6.55. The lowest BCUT2D eigenvalue weighted by Crippen LogP contribution is -2.36. The molecule has 0 aromatic carbocycles. The Labute approximate surface area is 294 Å². The quantitative estimate of drug-likeness (QED) is 0.0349. The van der Waals surface area contributed by atoms with Crippen molar-refractivity contribution in [3.05, 3.63) is 24.3 Å². The third-order valence-electron chi connectivity index (χ3n) is 7.70. The molecule has 0 amide bonds. The molecule has 0 heterocycles. The highest BCUT2D eigenvalue weighted by Gasteiger charge is 2.26. The fourth-order valence-electron chi connectivity index (χ4n) is 4.86. The number of allylic oxidation sites excluding steroid dienone is 2. The molecule has 0 aromatic heterocycles. The maximum atomic E-state index is 13.6. The Balaban J connectivity index is 4.82. The Hall–Kier alpha value is -0.460. The molecule has 0 saturated heterocycles. The molecule has 0 aromatic rings. The Morgan fingerprint density at radius 3 is 1.12 bits per heavy atom. The van der Waals surface area contributed by atoms with E-state index in [0.29, 0.717) is 117 Å². The minimum absolute atomic E-state index is 0.304. The van der Waals surface area contributed by atoms with Crippen molar-refractivity contribution in [2.24, 2.45) is 22.9 Å². The van der Waals surface area contributed by atoms with E-state index in [1.807, 2.05) is 0 Å². The van der Waals surface area contributed by atoms with Gasteiger partial charge < -0.3 is 50.8 Å². The fraction of sp³-hybridized carbons (Fsp3) is 0.882. The average Bonchev–Trinajstić information content (AvgIpc) is 3.07. The fourth-order valence-corrected chi connectivity index (χ4v) is 8.16. The van der Waals surface area contributed by atoms with E-state index in [2.05, 4.69) is 48.0 Å². The first-order valence-corrected chi connectivity index (χ1v) is 22.1. The molecule has 0 fully saturated rings. The van der Waals surface area contributed by atoms with Crippen LogP contribution in [0, 0.1) is 0 Å². The standard InChI is InChI=1S/C34H74N6O6P2/c1-3-5-7-9-11-15-29-43-47(41,33-27-39(23-19-35)24-20-36)45-31-17-13-14-18-32-46-48(42,34-28-40(25-21-37)26-22-38)44-30-16-12-10-8-6-4-2/h9-12H,3-8,13-38H2,1-2H3/b11-9-,12-10-. The topological polar surface area (TPSA) is 182 Å². The van der Waals surface area contributed by atoms with E-state index in [1.165, 1.54) is 0 Å². The van der Waals surface area contributed by atoms with Gasteiger partial charge in [-0.05, 0) is 38.5 Å². The first-order chi connectivity index (χ1) is 23.3. The highest BCUT2D eigenvalue weighted by Crippen LogP contribution is 2.49. The second-order valence-corrected chi connectivity index (χ2v) is 16.4. The molecule has 0 aliphatic carbocycles. The number of unbranched alkanes of at least 4 members (excludes halogenated alkanes) is 7. The predicted octanol–water partition coefficient (Wildman–Crippen LogP) is 5.71. The summed E-state index contributed by atoms with van der Waals surface area (Å²) in [6, 6.07) is 0. The van der Waals surface area contributed by atoms with Crippen molar-refractivity contribution >= 4 is 15.2 Å². The first kappa shape index (κ1) is 47.5. The van der Waals surface area contributed by atoms with Gasteiger partial charge in [-0.3, -0.25) is 9.13 Å². The van der Waals surface area contributed by atoms with Crippen LogP contribution in [0.15, 0.2) is 24.3 Å². The minimum Gasteiger partial charge on any atom is -0.329 e. The molecule has 12 nitrogen and oxygen atoms in total. The van der Waals surface area contributed by atoms with Crippen LogP contribution < -0.4 is 22.9 Å². The number of nitrogens with zero attached hydrogens (tertiary/aromatic N) is 2. The number of rotatable bonds is 37. The molecule has 0 saturated carbocycles. The zero-order valence-corrected chi connectivity index (χ0v) is 32.4. The zero-order chi connectivity index (χ0) is 35.6. The Kier molecular flexibility index (Phi) is 33.3. The average molecular weight is 725 g/mol. The molecule has 0 bridgehead atoms. The van der Waals surface area contributed by atoms with Gasteiger partial charge in [0, 0.05) is 65.4 Å². The van der Waals surface area contributed by atoms with Crippen LogP contribution in [0.3, 0.4) is 0 Å². The highest BCUT2D eigenvalue weighted by molar-refractivity contribution is 7.54. The van der Waals surface area contributed by atoms with Gasteiger partial charge >= 0.3 is 15.2 Å². The van der Waals surface area contributed by atoms with Crippen LogP contribution in [-0.4, -0.2) is 114 Å². The lowest BCUT2D eigenvalue weighted by Gasteiger charge is -2.24. The molecule has 0 radical (unpaired) electrons. The van der Waals surface area contributed by atoms with Crippen LogP contribution in [0.2, 0.25) is 0 Å². The van der Waals surface area contributed by atoms with E-state index in [-0.39, 0.29) is 0 Å². The van der Waals surface area contributed by atoms with Crippen molar-refractivity contribution in [2.75, 3.05) is 104 Å². The molecular formula is C34H74N6O6P2. The third-order valence-corrected chi connectivity index (χ3v) is 11.5. The van der Waals surface area contributed by atoms with Gasteiger partial charge in [-0.15, -0.1) is 0 Å². The van der Waals surface area contributed by atoms with Gasteiger partial charge in [0.25, 0.3) is 0 Å². The summed E-state index contributed by atoms with van der Waals surface area (Å²) < 4.78 is 50.8. The monoisotopic (exact) mass is 725 g/mol. The van der Waals surface area contributed by atoms with Crippen molar-refractivity contribution in [2.45, 2.75) is 90.9 Å². The Morgan fingerprint density at radius 2 is 0.792 bits per heavy atom. The number of nitrogens with two attached hydrogens (primary N) is 4. The second kappa shape index (κ2) is 33.7. The summed E-state index contributed by atoms with van der Waals surface area (Å²) in [4.78, 5) is 4.20. The van der Waals surface area contributed by atoms with Gasteiger partial charge in [-0.1, -0.05) is 76.7 Å². The van der Waals surface area contributed by atoms with Crippen molar-refractivity contribution in [3.63, 3.8) is 0 Å². The van der Waals surface area contributed by atoms with Gasteiger partial charge in [-0.2, -0.15) is 0 Å². The van der Waals surface area contributed by atoms with E-state index in [1.54, 1.807) is 0 Å². The summed E-state index contributed by atoms with van der Waals surface area (Å²) in [5, 5.41) is 0. The first-order valence-electron chi connectivity index (χ1n) is 18.6. The second-order valence-electron chi connectivity index (χ2n) is 12.1. The highest BCUT2D eigenvalue weighted by atomic mass is 31.2. The van der Waals surface area contributed by atoms with Gasteiger partial charge in [-0.25, -0.2) is 0 Å². The smallest absolute Gasteiger partial charge is 0.329 e. The number of hydrogen-bond donors (Lipinski definition) is 4. The summed E-state index contributed by atoms with van der Waals surface area (Å²) in [6.45, 7) is 11.7. The van der Waals surface area contributed by atoms with Crippen LogP contribution in [0.4, 0.5) is 0 Å². The molecular weight excluding hydrogens is 650 g/mol. The molecule has 286 valence electrons. The Bertz CT molecular complexity index is 790. The SMILES string of the molecule is CCCC/C=C\CCOP(=O)(CCN(CCN)CCN)OCCCCCCOP(=O)(CCN(CCN)CCN)OCC/C=C\CCCC. The van der Waals surface area contributed by atoms with Crippen LogP contribution >= 0.6 is 15.2 Å². The molecule has 48 heavy (non-hydrogen) atoms. The molecule has 2 atom stereocenters. The van der Waals surface area contributed by atoms with Gasteiger partial charge in [0.2, 0.25) is 0 Å². The van der Waals surface area contributed by atoms with Crippen LogP contribution in [0.5, 0.6) is 0 Å². The third kappa shape index (κ3) is 28.3. The molecule has 0 aliphatic rings. The van der Waals surface area contributed by atoms with Crippen molar-refractivity contribution < 1.29 is 27.2 Å². The lowest BCUT2D eigenvalue weighted by molar-refractivity contribution is 0.191. The van der Waals surface area contributed by atoms with E-state index < -0.39 is 15.2 Å². The normalized spacial score (nSPS) is 14.9. The van der Waals surface area contributed by atoms with Crippen LogP contribution in [0.1, 0.15) is 90.9 Å². The summed E-state index contributed by atoms with van der Waals surface area (Å²) in [6.07, 6.45) is 20.5. The van der Waals surface area contributed by atoms with E-state index in [9.17, 15) is 9.13 Å². The minimum atomic E-state index is -3.27. The van der Waals surface area contributed by atoms with Crippen LogP contribution in [-0.2, 0) is 27.2 Å². The molecule has 0 spiro atoms. The van der Waals surface area contributed by atoms with Crippen LogP contribution in [0.25, 0.3) is 0 Å². The van der Waals surface area contributed by atoms with E-state index in [0.717, 1.165) is 64.2 Å². The number of hydrogen-bond acceptors (Lipinski definition) is 12. The van der Waals surface area contributed by atoms with Gasteiger partial charge in [0.15, 0.2) is 0 Å². The molecule has 0 aliphatic heterocycles. The van der Waals surface area contributed by atoms with Crippen molar-refractivity contribution in [1.29, 1.82) is 0 Å². The van der Waals surface area contributed by atoms with E-state index in [4.69, 9.17) is 41.0 Å². The molecule has 2 unspecified atom stereocenters. The maximum absolute atomic E-state index is 13.6. The lowest BCUT2D eigenvalue weighted by atomic mass is 10.2. The largest absolute Gasteiger partial charge is 0.331 e. The summed E-state index contributed by atoms with van der Waals surface area (Å²) >= 11 is 0. The molecule has 0 rings (SSSR count). The van der Waals surface area contributed by atoms with Gasteiger partial charge in [0.1, 0.15) is 0 Å². The van der Waals surface area contributed by atoms with E-state index >= 15 is 0 Å². The summed E-state index contributed by atoms with van der Waals surface area (Å²) in [5.41, 5.74) is 23.0. The van der Waals surface area contributed by atoms with Crippen molar-refractivity contribution in [3.8, 4) is 0 Å². The predicted molar refractivity (Wildman–Crippen MR) is 203 cm³/mol. The van der Waals surface area contributed by atoms with Crippen molar-refractivity contribution in [1.82, 2.24) is 9.80 Å². The molecule has 8 N–H and O–H groups in total. The molecule has 14 heteroatoms.